The van der Waals surface area contributed by atoms with Crippen molar-refractivity contribution >= 4 is 31.5 Å². The summed E-state index contributed by atoms with van der Waals surface area (Å²) in [6, 6.07) is 15.0. The minimum absolute atomic E-state index is 0.0953. The Balaban J connectivity index is 2.15. The molecule has 1 atom stereocenters. The van der Waals surface area contributed by atoms with Gasteiger partial charge in [-0.3, -0.25) is 0 Å². The number of rotatable bonds is 4. The molecular formula is C15H16BrNO2S. The molecule has 2 rings (SSSR count). The Hall–Kier alpha value is -1.33. The molecule has 0 saturated carbocycles. The maximum atomic E-state index is 11.4. The fraction of sp³-hybridized carbons (Fsp3) is 0.200. The average molecular weight is 354 g/mol. The highest BCUT2D eigenvalue weighted by molar-refractivity contribution is 9.10. The normalized spacial score (nSPS) is 12.9. The average Bonchev–Trinajstić information content (AvgIpc) is 2.38. The van der Waals surface area contributed by atoms with Crippen molar-refractivity contribution in [1.82, 2.24) is 0 Å². The number of benzene rings is 2. The minimum Gasteiger partial charge on any atom is -0.378 e. The molecule has 0 fully saturated rings. The van der Waals surface area contributed by atoms with Gasteiger partial charge in [-0.15, -0.1) is 0 Å². The standard InChI is InChI=1S/C15H16BrNO2S/c1-11(17-14-5-3-4-13(16)10-14)12-6-8-15(9-7-12)20(2,18)19/h3-11,17H,1-2H3. The molecule has 1 unspecified atom stereocenters. The number of nitrogens with one attached hydrogen (secondary N) is 1. The van der Waals surface area contributed by atoms with Crippen molar-refractivity contribution in [2.24, 2.45) is 0 Å². The van der Waals surface area contributed by atoms with Crippen LogP contribution in [0.3, 0.4) is 0 Å². The van der Waals surface area contributed by atoms with Crippen molar-refractivity contribution < 1.29 is 8.42 Å². The predicted molar refractivity (Wildman–Crippen MR) is 85.7 cm³/mol. The fourth-order valence-electron chi connectivity index (χ4n) is 1.92. The van der Waals surface area contributed by atoms with Gasteiger partial charge in [0.15, 0.2) is 9.84 Å². The summed E-state index contributed by atoms with van der Waals surface area (Å²) < 4.78 is 23.9. The molecule has 0 aliphatic carbocycles. The van der Waals surface area contributed by atoms with Crippen molar-refractivity contribution in [3.8, 4) is 0 Å². The van der Waals surface area contributed by atoms with Crippen LogP contribution in [-0.4, -0.2) is 14.7 Å². The fourth-order valence-corrected chi connectivity index (χ4v) is 2.95. The molecule has 3 nitrogen and oxygen atoms in total. The molecule has 0 radical (unpaired) electrons. The van der Waals surface area contributed by atoms with E-state index >= 15 is 0 Å². The summed E-state index contributed by atoms with van der Waals surface area (Å²) in [6.07, 6.45) is 1.21. The largest absolute Gasteiger partial charge is 0.378 e. The summed E-state index contributed by atoms with van der Waals surface area (Å²) >= 11 is 3.43. The second-order valence-corrected chi connectivity index (χ2v) is 7.65. The lowest BCUT2D eigenvalue weighted by Gasteiger charge is -2.16. The van der Waals surface area contributed by atoms with Gasteiger partial charge >= 0.3 is 0 Å². The van der Waals surface area contributed by atoms with Gasteiger partial charge in [-0.25, -0.2) is 8.42 Å². The first-order chi connectivity index (χ1) is 9.36. The number of hydrogen-bond acceptors (Lipinski definition) is 3. The van der Waals surface area contributed by atoms with Crippen LogP contribution in [0.4, 0.5) is 5.69 Å². The van der Waals surface area contributed by atoms with Gasteiger partial charge in [0.25, 0.3) is 0 Å². The third kappa shape index (κ3) is 3.84. The molecular weight excluding hydrogens is 338 g/mol. The molecule has 0 bridgehead atoms. The lowest BCUT2D eigenvalue weighted by Crippen LogP contribution is -2.07. The Morgan fingerprint density at radius 2 is 1.75 bits per heavy atom. The van der Waals surface area contributed by atoms with E-state index in [0.29, 0.717) is 4.90 Å². The summed E-state index contributed by atoms with van der Waals surface area (Å²) in [4.78, 5) is 0.343. The van der Waals surface area contributed by atoms with Gasteiger partial charge in [-0.2, -0.15) is 0 Å². The van der Waals surface area contributed by atoms with Crippen molar-refractivity contribution in [2.45, 2.75) is 17.9 Å². The van der Waals surface area contributed by atoms with Crippen LogP contribution < -0.4 is 5.32 Å². The number of halogens is 1. The van der Waals surface area contributed by atoms with Gasteiger partial charge in [-0.05, 0) is 42.8 Å². The third-order valence-electron chi connectivity index (χ3n) is 3.02. The van der Waals surface area contributed by atoms with Gasteiger partial charge in [0.1, 0.15) is 0 Å². The van der Waals surface area contributed by atoms with Crippen LogP contribution in [0.1, 0.15) is 18.5 Å². The van der Waals surface area contributed by atoms with E-state index in [-0.39, 0.29) is 6.04 Å². The summed E-state index contributed by atoms with van der Waals surface area (Å²) in [6.45, 7) is 2.04. The first-order valence-corrected chi connectivity index (χ1v) is 8.87. The lowest BCUT2D eigenvalue weighted by atomic mass is 10.1. The Labute approximate surface area is 128 Å². The molecule has 2 aromatic rings. The third-order valence-corrected chi connectivity index (χ3v) is 4.64. The van der Waals surface area contributed by atoms with E-state index in [2.05, 4.69) is 21.2 Å². The van der Waals surface area contributed by atoms with E-state index in [1.165, 1.54) is 6.26 Å². The van der Waals surface area contributed by atoms with Crippen molar-refractivity contribution in [3.63, 3.8) is 0 Å². The highest BCUT2D eigenvalue weighted by Crippen LogP contribution is 2.23. The topological polar surface area (TPSA) is 46.2 Å². The van der Waals surface area contributed by atoms with E-state index in [1.807, 2.05) is 43.3 Å². The molecule has 0 aromatic heterocycles. The zero-order valence-electron chi connectivity index (χ0n) is 11.3. The molecule has 20 heavy (non-hydrogen) atoms. The highest BCUT2D eigenvalue weighted by atomic mass is 79.9. The summed E-state index contributed by atoms with van der Waals surface area (Å²) in [5.74, 6) is 0. The van der Waals surface area contributed by atoms with Crippen LogP contribution in [0.2, 0.25) is 0 Å². The van der Waals surface area contributed by atoms with Crippen LogP contribution in [0, 0.1) is 0 Å². The zero-order valence-corrected chi connectivity index (χ0v) is 13.7. The van der Waals surface area contributed by atoms with Crippen molar-refractivity contribution in [1.29, 1.82) is 0 Å². The van der Waals surface area contributed by atoms with Gasteiger partial charge in [0, 0.05) is 22.5 Å². The zero-order chi connectivity index (χ0) is 14.8. The van der Waals surface area contributed by atoms with Crippen LogP contribution in [0.5, 0.6) is 0 Å². The van der Waals surface area contributed by atoms with E-state index in [1.54, 1.807) is 12.1 Å². The number of anilines is 1. The second-order valence-electron chi connectivity index (χ2n) is 4.72. The van der Waals surface area contributed by atoms with Crippen molar-refractivity contribution in [2.75, 3.05) is 11.6 Å². The van der Waals surface area contributed by atoms with Crippen LogP contribution >= 0.6 is 15.9 Å². The predicted octanol–water partition coefficient (Wildman–Crippen LogP) is 4.03. The molecule has 0 spiro atoms. The summed E-state index contributed by atoms with van der Waals surface area (Å²) in [5, 5.41) is 3.38. The first-order valence-electron chi connectivity index (χ1n) is 6.18. The molecule has 0 aliphatic rings. The smallest absolute Gasteiger partial charge is 0.175 e. The molecule has 0 amide bonds. The Morgan fingerprint density at radius 1 is 1.10 bits per heavy atom. The van der Waals surface area contributed by atoms with Crippen molar-refractivity contribution in [3.05, 3.63) is 58.6 Å². The number of hydrogen-bond donors (Lipinski definition) is 1. The number of sulfone groups is 1. The second kappa shape index (κ2) is 5.97. The van der Waals surface area contributed by atoms with E-state index in [9.17, 15) is 8.42 Å². The maximum Gasteiger partial charge on any atom is 0.175 e. The Bertz CT molecular complexity index is 696. The van der Waals surface area contributed by atoms with Gasteiger partial charge in [0.05, 0.1) is 4.90 Å². The molecule has 0 aliphatic heterocycles. The molecule has 106 valence electrons. The van der Waals surface area contributed by atoms with Gasteiger partial charge in [0.2, 0.25) is 0 Å². The summed E-state index contributed by atoms with van der Waals surface area (Å²) in [7, 11) is -3.14. The Kier molecular flexibility index (Phi) is 4.50. The minimum atomic E-state index is -3.14. The van der Waals surface area contributed by atoms with E-state index < -0.39 is 9.84 Å². The SMILES string of the molecule is CC(Nc1cccc(Br)c1)c1ccc(S(C)(=O)=O)cc1. The van der Waals surface area contributed by atoms with E-state index in [4.69, 9.17) is 0 Å². The molecule has 1 N–H and O–H groups in total. The van der Waals surface area contributed by atoms with Gasteiger partial charge < -0.3 is 5.32 Å². The molecule has 2 aromatic carbocycles. The summed E-state index contributed by atoms with van der Waals surface area (Å²) in [5.41, 5.74) is 2.05. The quantitative estimate of drug-likeness (QED) is 0.902. The maximum absolute atomic E-state index is 11.4. The molecule has 0 saturated heterocycles. The van der Waals surface area contributed by atoms with Crippen LogP contribution in [0.25, 0.3) is 0 Å². The van der Waals surface area contributed by atoms with Crippen LogP contribution in [0.15, 0.2) is 57.9 Å². The van der Waals surface area contributed by atoms with Gasteiger partial charge in [-0.1, -0.05) is 34.1 Å². The molecule has 0 heterocycles. The van der Waals surface area contributed by atoms with Crippen LogP contribution in [-0.2, 0) is 9.84 Å². The Morgan fingerprint density at radius 3 is 2.30 bits per heavy atom. The first kappa shape index (κ1) is 15.1. The lowest BCUT2D eigenvalue weighted by molar-refractivity contribution is 0.602. The highest BCUT2D eigenvalue weighted by Gasteiger charge is 2.09. The van der Waals surface area contributed by atoms with E-state index in [0.717, 1.165) is 15.7 Å². The molecule has 5 heteroatoms. The monoisotopic (exact) mass is 353 g/mol.